The number of hydrogen-bond acceptors (Lipinski definition) is 4. The Kier molecular flexibility index (Phi) is 4.18. The number of nitrogens with one attached hydrogen (secondary N) is 2. The van der Waals surface area contributed by atoms with Crippen LogP contribution in [-0.4, -0.2) is 31.1 Å². The van der Waals surface area contributed by atoms with Crippen molar-refractivity contribution >= 4 is 16.7 Å². The van der Waals surface area contributed by atoms with Gasteiger partial charge in [0.2, 0.25) is 0 Å². The molecule has 0 aliphatic heterocycles. The molecule has 0 fully saturated rings. The Morgan fingerprint density at radius 1 is 1.19 bits per heavy atom. The highest BCUT2D eigenvalue weighted by Gasteiger charge is 2.12. The Labute approximate surface area is 150 Å². The van der Waals surface area contributed by atoms with E-state index in [1.807, 2.05) is 31.2 Å². The lowest BCUT2D eigenvalue weighted by Gasteiger charge is -2.06. The minimum Gasteiger partial charge on any atom is -0.345 e. The van der Waals surface area contributed by atoms with E-state index in [4.69, 9.17) is 0 Å². The molecule has 0 saturated carbocycles. The minimum atomic E-state index is -0.269. The summed E-state index contributed by atoms with van der Waals surface area (Å²) in [5.74, 6) is -0.269. The van der Waals surface area contributed by atoms with E-state index in [1.54, 1.807) is 10.9 Å². The number of aryl methyl sites for hydroxylation is 1. The van der Waals surface area contributed by atoms with Gasteiger partial charge in [0.1, 0.15) is 0 Å². The molecule has 0 spiro atoms. The van der Waals surface area contributed by atoms with Crippen LogP contribution in [0.15, 0.2) is 54.7 Å². The third-order valence-electron chi connectivity index (χ3n) is 4.17. The van der Waals surface area contributed by atoms with Gasteiger partial charge in [0.05, 0.1) is 25.0 Å². The number of fused-ring (bicyclic) bond motifs is 1. The van der Waals surface area contributed by atoms with Crippen molar-refractivity contribution in [1.29, 1.82) is 0 Å². The van der Waals surface area contributed by atoms with Crippen molar-refractivity contribution in [3.05, 3.63) is 77.4 Å². The van der Waals surface area contributed by atoms with Crippen molar-refractivity contribution < 1.29 is 4.79 Å². The molecule has 4 rings (SSSR count). The Hall–Kier alpha value is -3.48. The second-order valence-corrected chi connectivity index (χ2v) is 6.16. The molecule has 7 nitrogen and oxygen atoms in total. The maximum atomic E-state index is 12.2. The van der Waals surface area contributed by atoms with Gasteiger partial charge in [-0.3, -0.25) is 9.89 Å². The topological polar surface area (TPSA) is 88.5 Å². The summed E-state index contributed by atoms with van der Waals surface area (Å²) in [5, 5.41) is 20.1. The lowest BCUT2D eigenvalue weighted by molar-refractivity contribution is 0.0945. The number of carbonyl (C=O) groups excluding carboxylic acids is 1. The van der Waals surface area contributed by atoms with E-state index in [0.29, 0.717) is 13.1 Å². The van der Waals surface area contributed by atoms with Crippen molar-refractivity contribution in [3.63, 3.8) is 0 Å². The van der Waals surface area contributed by atoms with E-state index in [0.717, 1.165) is 17.0 Å². The zero-order valence-corrected chi connectivity index (χ0v) is 14.3. The van der Waals surface area contributed by atoms with Crippen LogP contribution in [-0.2, 0) is 13.1 Å². The number of rotatable bonds is 5. The van der Waals surface area contributed by atoms with Gasteiger partial charge in [0.25, 0.3) is 5.91 Å². The predicted octanol–water partition coefficient (Wildman–Crippen LogP) is 2.44. The summed E-state index contributed by atoms with van der Waals surface area (Å²) in [5.41, 5.74) is 3.15. The highest BCUT2D eigenvalue weighted by Crippen LogP contribution is 2.19. The smallest absolute Gasteiger partial charge is 0.273 e. The summed E-state index contributed by atoms with van der Waals surface area (Å²) in [7, 11) is 0. The van der Waals surface area contributed by atoms with Gasteiger partial charge in [0, 0.05) is 5.69 Å². The number of aromatic nitrogens is 5. The molecule has 0 radical (unpaired) electrons. The molecule has 0 atom stereocenters. The molecule has 0 bridgehead atoms. The summed E-state index contributed by atoms with van der Waals surface area (Å²) in [6.07, 6.45) is 1.66. The Bertz CT molecular complexity index is 1060. The molecule has 0 aliphatic carbocycles. The van der Waals surface area contributed by atoms with E-state index in [-0.39, 0.29) is 11.6 Å². The minimum absolute atomic E-state index is 0.269. The van der Waals surface area contributed by atoms with Crippen molar-refractivity contribution in [1.82, 2.24) is 30.5 Å². The van der Waals surface area contributed by atoms with Crippen molar-refractivity contribution in [2.24, 2.45) is 0 Å². The molecule has 4 aromatic rings. The van der Waals surface area contributed by atoms with E-state index in [9.17, 15) is 4.79 Å². The maximum absolute atomic E-state index is 12.2. The second kappa shape index (κ2) is 6.79. The van der Waals surface area contributed by atoms with E-state index < -0.39 is 0 Å². The Morgan fingerprint density at radius 2 is 2.04 bits per heavy atom. The highest BCUT2D eigenvalue weighted by molar-refractivity contribution is 5.91. The Morgan fingerprint density at radius 3 is 2.88 bits per heavy atom. The summed E-state index contributed by atoms with van der Waals surface area (Å²) in [6, 6.07) is 16.2. The SMILES string of the molecule is Cc1cc(CNC(=O)c2cn(Cc3cccc4ccccc34)nn2)n[nH]1. The lowest BCUT2D eigenvalue weighted by atomic mass is 10.0. The molecular formula is C19H18N6O. The monoisotopic (exact) mass is 346 g/mol. The molecule has 130 valence electrons. The second-order valence-electron chi connectivity index (χ2n) is 6.16. The van der Waals surface area contributed by atoms with Crippen LogP contribution in [0.4, 0.5) is 0 Å². The fourth-order valence-corrected chi connectivity index (χ4v) is 2.91. The third-order valence-corrected chi connectivity index (χ3v) is 4.17. The maximum Gasteiger partial charge on any atom is 0.273 e. The molecule has 2 N–H and O–H groups in total. The van der Waals surface area contributed by atoms with Gasteiger partial charge < -0.3 is 5.32 Å². The summed E-state index contributed by atoms with van der Waals surface area (Å²) < 4.78 is 1.68. The number of benzene rings is 2. The zero-order valence-electron chi connectivity index (χ0n) is 14.3. The standard InChI is InChI=1S/C19H18N6O/c1-13-9-16(22-21-13)10-20-19(26)18-12-25(24-23-18)11-15-7-4-6-14-5-2-3-8-17(14)15/h2-9,12H,10-11H2,1H3,(H,20,26)(H,21,22). The van der Waals surface area contributed by atoms with Crippen LogP contribution in [0.5, 0.6) is 0 Å². The largest absolute Gasteiger partial charge is 0.345 e. The van der Waals surface area contributed by atoms with Crippen LogP contribution in [0, 0.1) is 6.92 Å². The highest BCUT2D eigenvalue weighted by atomic mass is 16.2. The molecule has 2 heterocycles. The van der Waals surface area contributed by atoms with E-state index in [2.05, 4.69) is 50.1 Å². The van der Waals surface area contributed by atoms with Gasteiger partial charge in [-0.25, -0.2) is 4.68 Å². The number of nitrogens with zero attached hydrogens (tertiary/aromatic N) is 4. The van der Waals surface area contributed by atoms with Gasteiger partial charge in [-0.2, -0.15) is 5.10 Å². The first kappa shape index (κ1) is 16.0. The average Bonchev–Trinajstić information content (AvgIpc) is 3.29. The molecule has 2 aromatic carbocycles. The number of H-pyrrole nitrogens is 1. The summed E-state index contributed by atoms with van der Waals surface area (Å²) >= 11 is 0. The van der Waals surface area contributed by atoms with Crippen LogP contribution in [0.2, 0.25) is 0 Å². The molecule has 2 aromatic heterocycles. The quantitative estimate of drug-likeness (QED) is 0.581. The molecule has 0 saturated heterocycles. The number of carbonyl (C=O) groups is 1. The molecule has 0 aliphatic rings. The summed E-state index contributed by atoms with van der Waals surface area (Å²) in [4.78, 5) is 12.2. The van der Waals surface area contributed by atoms with Crippen LogP contribution in [0.3, 0.4) is 0 Å². The first-order chi connectivity index (χ1) is 12.7. The van der Waals surface area contributed by atoms with Gasteiger partial charge in [0.15, 0.2) is 5.69 Å². The van der Waals surface area contributed by atoms with E-state index in [1.165, 1.54) is 10.8 Å². The molecule has 7 heteroatoms. The molecular weight excluding hydrogens is 328 g/mol. The van der Waals surface area contributed by atoms with Crippen LogP contribution in [0.25, 0.3) is 10.8 Å². The molecule has 1 amide bonds. The molecule has 26 heavy (non-hydrogen) atoms. The van der Waals surface area contributed by atoms with E-state index >= 15 is 0 Å². The number of amides is 1. The van der Waals surface area contributed by atoms with Gasteiger partial charge in [-0.1, -0.05) is 47.7 Å². The third kappa shape index (κ3) is 3.32. The van der Waals surface area contributed by atoms with Crippen molar-refractivity contribution in [3.8, 4) is 0 Å². The van der Waals surface area contributed by atoms with Crippen molar-refractivity contribution in [2.45, 2.75) is 20.0 Å². The van der Waals surface area contributed by atoms with Crippen LogP contribution < -0.4 is 5.32 Å². The Balaban J connectivity index is 1.46. The number of hydrogen-bond donors (Lipinski definition) is 2. The normalized spacial score (nSPS) is 11.0. The summed E-state index contributed by atoms with van der Waals surface area (Å²) in [6.45, 7) is 2.82. The fourth-order valence-electron chi connectivity index (χ4n) is 2.91. The fraction of sp³-hybridized carbons (Fsp3) is 0.158. The molecule has 0 unspecified atom stereocenters. The lowest BCUT2D eigenvalue weighted by Crippen LogP contribution is -2.23. The van der Waals surface area contributed by atoms with Crippen LogP contribution >= 0.6 is 0 Å². The predicted molar refractivity (Wildman–Crippen MR) is 97.6 cm³/mol. The average molecular weight is 346 g/mol. The van der Waals surface area contributed by atoms with Gasteiger partial charge >= 0.3 is 0 Å². The number of aromatic amines is 1. The first-order valence-corrected chi connectivity index (χ1v) is 8.35. The first-order valence-electron chi connectivity index (χ1n) is 8.35. The van der Waals surface area contributed by atoms with Crippen LogP contribution in [0.1, 0.15) is 27.4 Å². The van der Waals surface area contributed by atoms with Gasteiger partial charge in [-0.05, 0) is 29.3 Å². The van der Waals surface area contributed by atoms with Gasteiger partial charge in [-0.15, -0.1) is 5.10 Å². The van der Waals surface area contributed by atoms with Crippen molar-refractivity contribution in [2.75, 3.05) is 0 Å². The zero-order chi connectivity index (χ0) is 17.9.